The van der Waals surface area contributed by atoms with Gasteiger partial charge in [0.2, 0.25) is 5.91 Å². The average Bonchev–Trinajstić information content (AvgIpc) is 2.51. The van der Waals surface area contributed by atoms with E-state index in [1.165, 1.54) is 6.42 Å². The largest absolute Gasteiger partial charge is 0.391 e. The molecule has 0 spiro atoms. The third kappa shape index (κ3) is 3.04. The Morgan fingerprint density at radius 1 is 1.39 bits per heavy atom. The van der Waals surface area contributed by atoms with Gasteiger partial charge in [0.05, 0.1) is 6.10 Å². The summed E-state index contributed by atoms with van der Waals surface area (Å²) < 4.78 is 0. The third-order valence-electron chi connectivity index (χ3n) is 4.35. The zero-order valence-electron chi connectivity index (χ0n) is 11.9. The van der Waals surface area contributed by atoms with E-state index in [0.717, 1.165) is 19.5 Å². The molecule has 2 fully saturated rings. The van der Waals surface area contributed by atoms with Crippen molar-refractivity contribution < 1.29 is 9.90 Å². The number of nitrogens with zero attached hydrogens (tertiary/aromatic N) is 2. The highest BCUT2D eigenvalue weighted by Gasteiger charge is 2.40. The van der Waals surface area contributed by atoms with Crippen LogP contribution in [0.25, 0.3) is 0 Å². The Kier molecular flexibility index (Phi) is 3.97. The van der Waals surface area contributed by atoms with E-state index in [9.17, 15) is 9.90 Å². The number of rotatable bonds is 2. The van der Waals surface area contributed by atoms with Crippen LogP contribution in [0.5, 0.6) is 0 Å². The van der Waals surface area contributed by atoms with Crippen LogP contribution >= 0.6 is 0 Å². The second kappa shape index (κ2) is 5.17. The molecule has 0 aliphatic carbocycles. The molecule has 2 rings (SSSR count). The summed E-state index contributed by atoms with van der Waals surface area (Å²) in [6.45, 7) is 6.79. The summed E-state index contributed by atoms with van der Waals surface area (Å²) in [5.74, 6) is 0.710. The molecule has 2 heterocycles. The van der Waals surface area contributed by atoms with Crippen molar-refractivity contribution in [3.8, 4) is 0 Å². The molecule has 1 amide bonds. The van der Waals surface area contributed by atoms with Crippen molar-refractivity contribution in [3.05, 3.63) is 0 Å². The van der Waals surface area contributed by atoms with Crippen molar-refractivity contribution in [2.75, 3.05) is 26.7 Å². The van der Waals surface area contributed by atoms with Gasteiger partial charge in [-0.15, -0.1) is 0 Å². The lowest BCUT2D eigenvalue weighted by Crippen LogP contribution is -2.44. The SMILES string of the molecule is CN1CCCC(CC(=O)N2CC(O)CC2(C)C)C1. The monoisotopic (exact) mass is 254 g/mol. The van der Waals surface area contributed by atoms with E-state index in [1.807, 2.05) is 18.7 Å². The number of amides is 1. The number of hydrogen-bond donors (Lipinski definition) is 1. The van der Waals surface area contributed by atoms with Gasteiger partial charge in [-0.25, -0.2) is 0 Å². The molecule has 0 aromatic rings. The van der Waals surface area contributed by atoms with Crippen molar-refractivity contribution in [1.82, 2.24) is 9.80 Å². The predicted octanol–water partition coefficient (Wildman–Crippen LogP) is 1.09. The molecule has 2 saturated heterocycles. The summed E-state index contributed by atoms with van der Waals surface area (Å²) in [7, 11) is 2.13. The normalized spacial score (nSPS) is 32.8. The Balaban J connectivity index is 1.91. The highest BCUT2D eigenvalue weighted by molar-refractivity contribution is 5.77. The Labute approximate surface area is 110 Å². The van der Waals surface area contributed by atoms with Gasteiger partial charge in [0.25, 0.3) is 0 Å². The highest BCUT2D eigenvalue weighted by atomic mass is 16.3. The molecule has 4 heteroatoms. The maximum absolute atomic E-state index is 12.4. The molecule has 4 nitrogen and oxygen atoms in total. The first kappa shape index (κ1) is 13.8. The van der Waals surface area contributed by atoms with Gasteiger partial charge in [-0.05, 0) is 52.6 Å². The molecule has 2 aliphatic rings. The number of aliphatic hydroxyl groups excluding tert-OH is 1. The summed E-state index contributed by atoms with van der Waals surface area (Å²) in [6, 6.07) is 0. The molecule has 2 atom stereocenters. The summed E-state index contributed by atoms with van der Waals surface area (Å²) in [5, 5.41) is 9.73. The molecule has 104 valence electrons. The van der Waals surface area contributed by atoms with E-state index in [-0.39, 0.29) is 17.6 Å². The Morgan fingerprint density at radius 2 is 2.11 bits per heavy atom. The van der Waals surface area contributed by atoms with E-state index >= 15 is 0 Å². The molecule has 2 unspecified atom stereocenters. The first-order chi connectivity index (χ1) is 8.38. The van der Waals surface area contributed by atoms with Crippen LogP contribution in [-0.2, 0) is 4.79 Å². The lowest BCUT2D eigenvalue weighted by molar-refractivity contribution is -0.136. The Hall–Kier alpha value is -0.610. The van der Waals surface area contributed by atoms with Gasteiger partial charge in [0.15, 0.2) is 0 Å². The lowest BCUT2D eigenvalue weighted by Gasteiger charge is -2.34. The van der Waals surface area contributed by atoms with Crippen molar-refractivity contribution in [2.45, 2.75) is 51.2 Å². The highest BCUT2D eigenvalue weighted by Crippen LogP contribution is 2.30. The first-order valence-corrected chi connectivity index (χ1v) is 7.05. The molecular formula is C14H26N2O2. The average molecular weight is 254 g/mol. The van der Waals surface area contributed by atoms with Gasteiger partial charge in [-0.2, -0.15) is 0 Å². The van der Waals surface area contributed by atoms with E-state index in [0.29, 0.717) is 25.3 Å². The number of aliphatic hydroxyl groups is 1. The molecule has 0 bridgehead atoms. The minimum atomic E-state index is -0.349. The lowest BCUT2D eigenvalue weighted by atomic mass is 9.93. The zero-order valence-corrected chi connectivity index (χ0v) is 11.9. The molecule has 0 aromatic carbocycles. The van der Waals surface area contributed by atoms with Crippen molar-refractivity contribution in [2.24, 2.45) is 5.92 Å². The van der Waals surface area contributed by atoms with Crippen LogP contribution < -0.4 is 0 Å². The topological polar surface area (TPSA) is 43.8 Å². The Bertz CT molecular complexity index is 317. The van der Waals surface area contributed by atoms with E-state index < -0.39 is 0 Å². The first-order valence-electron chi connectivity index (χ1n) is 7.05. The molecule has 0 saturated carbocycles. The molecule has 2 aliphatic heterocycles. The van der Waals surface area contributed by atoms with Gasteiger partial charge in [-0.1, -0.05) is 0 Å². The molecule has 0 aromatic heterocycles. The van der Waals surface area contributed by atoms with E-state index in [1.54, 1.807) is 0 Å². The number of β-amino-alcohol motifs (C(OH)–C–C–N with tert-alkyl or cyclic N) is 1. The van der Waals surface area contributed by atoms with Gasteiger partial charge in [0.1, 0.15) is 0 Å². The van der Waals surface area contributed by atoms with Gasteiger partial charge in [-0.3, -0.25) is 4.79 Å². The van der Waals surface area contributed by atoms with Crippen molar-refractivity contribution >= 4 is 5.91 Å². The number of hydrogen-bond acceptors (Lipinski definition) is 3. The number of likely N-dealkylation sites (tertiary alicyclic amines) is 2. The fraction of sp³-hybridized carbons (Fsp3) is 0.929. The van der Waals surface area contributed by atoms with Gasteiger partial charge < -0.3 is 14.9 Å². The van der Waals surface area contributed by atoms with Crippen LogP contribution in [0.2, 0.25) is 0 Å². The summed E-state index contributed by atoms with van der Waals surface area (Å²) in [6.07, 6.45) is 3.34. The second-order valence-electron chi connectivity index (χ2n) is 6.65. The number of carbonyl (C=O) groups is 1. The predicted molar refractivity (Wildman–Crippen MR) is 71.3 cm³/mol. The van der Waals surface area contributed by atoms with E-state index in [2.05, 4.69) is 11.9 Å². The van der Waals surface area contributed by atoms with Crippen molar-refractivity contribution in [1.29, 1.82) is 0 Å². The summed E-state index contributed by atoms with van der Waals surface area (Å²) in [4.78, 5) is 16.6. The number of piperidine rings is 1. The third-order valence-corrected chi connectivity index (χ3v) is 4.35. The van der Waals surface area contributed by atoms with Crippen LogP contribution in [0, 0.1) is 5.92 Å². The van der Waals surface area contributed by atoms with Gasteiger partial charge in [0, 0.05) is 25.0 Å². The fourth-order valence-corrected chi connectivity index (χ4v) is 3.45. The van der Waals surface area contributed by atoms with E-state index in [4.69, 9.17) is 0 Å². The number of carbonyl (C=O) groups excluding carboxylic acids is 1. The molecule has 0 radical (unpaired) electrons. The standard InChI is InChI=1S/C14H26N2O2/c1-14(2)8-12(17)10-16(14)13(18)7-11-5-4-6-15(3)9-11/h11-12,17H,4-10H2,1-3H3. The van der Waals surface area contributed by atoms with Crippen LogP contribution in [0.3, 0.4) is 0 Å². The molecular weight excluding hydrogens is 228 g/mol. The fourth-order valence-electron chi connectivity index (χ4n) is 3.45. The maximum atomic E-state index is 12.4. The van der Waals surface area contributed by atoms with Crippen LogP contribution in [0.4, 0.5) is 0 Å². The minimum absolute atomic E-state index is 0.183. The summed E-state index contributed by atoms with van der Waals surface area (Å²) in [5.41, 5.74) is -0.183. The molecule has 1 N–H and O–H groups in total. The molecule has 18 heavy (non-hydrogen) atoms. The van der Waals surface area contributed by atoms with Crippen molar-refractivity contribution in [3.63, 3.8) is 0 Å². The zero-order chi connectivity index (χ0) is 13.3. The maximum Gasteiger partial charge on any atom is 0.223 e. The quantitative estimate of drug-likeness (QED) is 0.802. The van der Waals surface area contributed by atoms with Crippen LogP contribution in [0.1, 0.15) is 39.5 Å². The van der Waals surface area contributed by atoms with Crippen LogP contribution in [0.15, 0.2) is 0 Å². The smallest absolute Gasteiger partial charge is 0.223 e. The summed E-state index contributed by atoms with van der Waals surface area (Å²) >= 11 is 0. The Morgan fingerprint density at radius 3 is 2.67 bits per heavy atom. The minimum Gasteiger partial charge on any atom is -0.391 e. The van der Waals surface area contributed by atoms with Crippen LogP contribution in [-0.4, -0.2) is 59.1 Å². The van der Waals surface area contributed by atoms with Gasteiger partial charge >= 0.3 is 0 Å². The second-order valence-corrected chi connectivity index (χ2v) is 6.65.